The summed E-state index contributed by atoms with van der Waals surface area (Å²) in [5.74, 6) is 1.71. The molecule has 0 bridgehead atoms. The molecule has 110 valence electrons. The van der Waals surface area contributed by atoms with Gasteiger partial charge in [-0.25, -0.2) is 4.98 Å². The number of nitrogens with one attached hydrogen (secondary N) is 1. The van der Waals surface area contributed by atoms with Crippen LogP contribution in [-0.2, 0) is 6.42 Å². The van der Waals surface area contributed by atoms with E-state index in [0.29, 0.717) is 6.04 Å². The number of nitrogens with zero attached hydrogens (tertiary/aromatic N) is 3. The highest BCUT2D eigenvalue weighted by Gasteiger charge is 2.21. The summed E-state index contributed by atoms with van der Waals surface area (Å²) in [6.07, 6.45) is 2.13. The molecule has 1 atom stereocenters. The van der Waals surface area contributed by atoms with Gasteiger partial charge in [0, 0.05) is 30.0 Å². The number of aromatic nitrogens is 2. The second kappa shape index (κ2) is 5.72. The average molecular weight is 282 g/mol. The summed E-state index contributed by atoms with van der Waals surface area (Å²) in [7, 11) is 0. The van der Waals surface area contributed by atoms with Crippen LogP contribution in [0.3, 0.4) is 0 Å². The molecule has 0 saturated carbocycles. The Morgan fingerprint density at radius 3 is 2.90 bits per heavy atom. The lowest BCUT2D eigenvalue weighted by atomic mass is 10.2. The molecule has 4 nitrogen and oxygen atoms in total. The summed E-state index contributed by atoms with van der Waals surface area (Å²) in [6, 6.07) is 11.0. The van der Waals surface area contributed by atoms with Crippen molar-refractivity contribution in [3.05, 3.63) is 41.6 Å². The average Bonchev–Trinajstić information content (AvgIpc) is 2.90. The number of hydrogen-bond acceptors (Lipinski definition) is 4. The minimum absolute atomic E-state index is 0.380. The van der Waals surface area contributed by atoms with E-state index in [1.807, 2.05) is 6.92 Å². The monoisotopic (exact) mass is 282 g/mol. The van der Waals surface area contributed by atoms with E-state index in [0.717, 1.165) is 36.8 Å². The third-order valence-corrected chi connectivity index (χ3v) is 3.99. The number of para-hydroxylation sites is 1. The summed E-state index contributed by atoms with van der Waals surface area (Å²) >= 11 is 0. The fourth-order valence-electron chi connectivity index (χ4n) is 2.65. The summed E-state index contributed by atoms with van der Waals surface area (Å²) in [5.41, 5.74) is 3.66. The Morgan fingerprint density at radius 2 is 2.10 bits per heavy atom. The summed E-state index contributed by atoms with van der Waals surface area (Å²) < 4.78 is 0. The maximum absolute atomic E-state index is 4.71. The number of aryl methyl sites for hydroxylation is 1. The topological polar surface area (TPSA) is 41.1 Å². The Kier molecular flexibility index (Phi) is 3.78. The van der Waals surface area contributed by atoms with Gasteiger partial charge >= 0.3 is 0 Å². The number of fused-ring (bicyclic) bond motifs is 1. The second-order valence-corrected chi connectivity index (χ2v) is 5.68. The van der Waals surface area contributed by atoms with Gasteiger partial charge in [0.05, 0.1) is 0 Å². The first-order chi connectivity index (χ1) is 10.2. The molecule has 0 aliphatic carbocycles. The first-order valence-electron chi connectivity index (χ1n) is 7.65. The van der Waals surface area contributed by atoms with Gasteiger partial charge in [-0.05, 0) is 38.3 Å². The summed E-state index contributed by atoms with van der Waals surface area (Å²) in [6.45, 7) is 7.31. The van der Waals surface area contributed by atoms with Crippen LogP contribution in [0.5, 0.6) is 0 Å². The van der Waals surface area contributed by atoms with Crippen LogP contribution in [-0.4, -0.2) is 22.6 Å². The van der Waals surface area contributed by atoms with E-state index in [1.54, 1.807) is 0 Å². The van der Waals surface area contributed by atoms with Gasteiger partial charge in [-0.3, -0.25) is 0 Å². The van der Waals surface area contributed by atoms with E-state index in [9.17, 15) is 0 Å². The van der Waals surface area contributed by atoms with Crippen LogP contribution < -0.4 is 10.2 Å². The van der Waals surface area contributed by atoms with Crippen molar-refractivity contribution in [2.45, 2.75) is 39.7 Å². The smallest absolute Gasteiger partial charge is 0.225 e. The molecule has 0 amide bonds. The maximum Gasteiger partial charge on any atom is 0.225 e. The van der Waals surface area contributed by atoms with Gasteiger partial charge in [-0.2, -0.15) is 4.98 Å². The Bertz CT molecular complexity index is 638. The van der Waals surface area contributed by atoms with Crippen LogP contribution in [0.4, 0.5) is 17.5 Å². The molecule has 0 fully saturated rings. The lowest BCUT2D eigenvalue weighted by Crippen LogP contribution is -2.19. The lowest BCUT2D eigenvalue weighted by molar-refractivity contribution is 0.751. The zero-order valence-corrected chi connectivity index (χ0v) is 12.9. The fraction of sp³-hybridized carbons (Fsp3) is 0.412. The molecule has 0 spiro atoms. The van der Waals surface area contributed by atoms with Gasteiger partial charge in [0.1, 0.15) is 5.82 Å². The number of benzene rings is 1. The SMILES string of the molecule is CCC(C)Nc1nc(C)cc(N2CCc3ccccc32)n1. The minimum Gasteiger partial charge on any atom is -0.352 e. The van der Waals surface area contributed by atoms with E-state index in [-0.39, 0.29) is 0 Å². The van der Waals surface area contributed by atoms with Crippen molar-refractivity contribution in [3.63, 3.8) is 0 Å². The van der Waals surface area contributed by atoms with E-state index in [4.69, 9.17) is 4.98 Å². The van der Waals surface area contributed by atoms with Gasteiger partial charge in [0.15, 0.2) is 0 Å². The highest BCUT2D eigenvalue weighted by molar-refractivity contribution is 5.68. The van der Waals surface area contributed by atoms with Gasteiger partial charge in [-0.1, -0.05) is 25.1 Å². The molecule has 0 saturated heterocycles. The third-order valence-electron chi connectivity index (χ3n) is 3.99. The Balaban J connectivity index is 1.93. The maximum atomic E-state index is 4.71. The van der Waals surface area contributed by atoms with Crippen molar-refractivity contribution in [2.24, 2.45) is 0 Å². The first-order valence-corrected chi connectivity index (χ1v) is 7.65. The number of anilines is 3. The predicted octanol–water partition coefficient (Wildman–Crippen LogP) is 3.69. The predicted molar refractivity (Wildman–Crippen MR) is 87.3 cm³/mol. The van der Waals surface area contributed by atoms with Crippen LogP contribution in [0.15, 0.2) is 30.3 Å². The quantitative estimate of drug-likeness (QED) is 0.928. The van der Waals surface area contributed by atoms with Crippen molar-refractivity contribution in [2.75, 3.05) is 16.8 Å². The molecule has 2 aromatic rings. The zero-order chi connectivity index (χ0) is 14.8. The first kappa shape index (κ1) is 13.9. The third kappa shape index (κ3) is 2.84. The summed E-state index contributed by atoms with van der Waals surface area (Å²) in [5, 5.41) is 3.37. The van der Waals surface area contributed by atoms with Gasteiger partial charge in [0.2, 0.25) is 5.95 Å². The van der Waals surface area contributed by atoms with Crippen molar-refractivity contribution in [1.29, 1.82) is 0 Å². The standard InChI is InChI=1S/C17H22N4/c1-4-12(2)18-17-19-13(3)11-16(20-17)21-10-9-14-7-5-6-8-15(14)21/h5-8,11-12H,4,9-10H2,1-3H3,(H,18,19,20). The van der Waals surface area contributed by atoms with Crippen LogP contribution in [0.25, 0.3) is 0 Å². The van der Waals surface area contributed by atoms with Gasteiger partial charge < -0.3 is 10.2 Å². The largest absolute Gasteiger partial charge is 0.352 e. The second-order valence-electron chi connectivity index (χ2n) is 5.68. The molecule has 1 aromatic heterocycles. The zero-order valence-electron chi connectivity index (χ0n) is 12.9. The molecular weight excluding hydrogens is 260 g/mol. The Labute approximate surface area is 126 Å². The van der Waals surface area contributed by atoms with Crippen LogP contribution in [0.2, 0.25) is 0 Å². The van der Waals surface area contributed by atoms with Crippen LogP contribution >= 0.6 is 0 Å². The lowest BCUT2D eigenvalue weighted by Gasteiger charge is -2.20. The molecule has 1 unspecified atom stereocenters. The molecule has 1 aromatic carbocycles. The molecule has 0 radical (unpaired) electrons. The fourth-order valence-corrected chi connectivity index (χ4v) is 2.65. The molecule has 4 heteroatoms. The van der Waals surface area contributed by atoms with Crippen LogP contribution in [0.1, 0.15) is 31.5 Å². The van der Waals surface area contributed by atoms with E-state index in [1.165, 1.54) is 11.3 Å². The van der Waals surface area contributed by atoms with E-state index >= 15 is 0 Å². The van der Waals surface area contributed by atoms with Crippen molar-refractivity contribution in [3.8, 4) is 0 Å². The molecule has 1 aliphatic rings. The highest BCUT2D eigenvalue weighted by atomic mass is 15.2. The highest BCUT2D eigenvalue weighted by Crippen LogP contribution is 2.33. The molecule has 3 rings (SSSR count). The van der Waals surface area contributed by atoms with Crippen molar-refractivity contribution >= 4 is 17.5 Å². The van der Waals surface area contributed by atoms with Crippen molar-refractivity contribution in [1.82, 2.24) is 9.97 Å². The summed E-state index contributed by atoms with van der Waals surface area (Å²) in [4.78, 5) is 11.5. The molecular formula is C17H22N4. The minimum atomic E-state index is 0.380. The molecule has 1 N–H and O–H groups in total. The molecule has 21 heavy (non-hydrogen) atoms. The van der Waals surface area contributed by atoms with Crippen LogP contribution in [0, 0.1) is 6.92 Å². The van der Waals surface area contributed by atoms with Gasteiger partial charge in [0.25, 0.3) is 0 Å². The number of hydrogen-bond donors (Lipinski definition) is 1. The molecule has 2 heterocycles. The number of rotatable bonds is 4. The van der Waals surface area contributed by atoms with Crippen molar-refractivity contribution < 1.29 is 0 Å². The Morgan fingerprint density at radius 1 is 1.29 bits per heavy atom. The Hall–Kier alpha value is -2.10. The van der Waals surface area contributed by atoms with E-state index in [2.05, 4.69) is 59.4 Å². The normalized spacial score (nSPS) is 14.9. The van der Waals surface area contributed by atoms with E-state index < -0.39 is 0 Å². The van der Waals surface area contributed by atoms with Gasteiger partial charge in [-0.15, -0.1) is 0 Å². The molecule has 1 aliphatic heterocycles.